The van der Waals surface area contributed by atoms with Gasteiger partial charge in [0, 0.05) is 31.0 Å². The number of hydrogen-bond donors (Lipinski definition) is 1. The second-order valence-corrected chi connectivity index (χ2v) is 5.97. The summed E-state index contributed by atoms with van der Waals surface area (Å²) in [6, 6.07) is 15.3. The molecule has 2 heteroatoms. The van der Waals surface area contributed by atoms with Gasteiger partial charge in [-0.3, -0.25) is 0 Å². The van der Waals surface area contributed by atoms with Crippen LogP contribution in [0.5, 0.6) is 0 Å². The predicted molar refractivity (Wildman–Crippen MR) is 91.1 cm³/mol. The molecule has 1 heterocycles. The van der Waals surface area contributed by atoms with Gasteiger partial charge >= 0.3 is 0 Å². The molecule has 1 saturated heterocycles. The lowest BCUT2D eigenvalue weighted by Gasteiger charge is -2.19. The Hall–Kier alpha value is -1.96. The zero-order valence-electron chi connectivity index (χ0n) is 13.0. The van der Waals surface area contributed by atoms with Crippen LogP contribution in [0.4, 0.5) is 11.4 Å². The summed E-state index contributed by atoms with van der Waals surface area (Å²) >= 11 is 0. The van der Waals surface area contributed by atoms with E-state index in [0.29, 0.717) is 0 Å². The molecule has 0 unspecified atom stereocenters. The summed E-state index contributed by atoms with van der Waals surface area (Å²) in [6.45, 7) is 7.65. The van der Waals surface area contributed by atoms with Gasteiger partial charge in [0.2, 0.25) is 0 Å². The highest BCUT2D eigenvalue weighted by Crippen LogP contribution is 2.24. The van der Waals surface area contributed by atoms with Gasteiger partial charge in [0.05, 0.1) is 0 Å². The van der Waals surface area contributed by atoms with Crippen molar-refractivity contribution in [1.82, 2.24) is 0 Å². The number of benzene rings is 2. The van der Waals surface area contributed by atoms with Gasteiger partial charge in [0.25, 0.3) is 0 Å². The second-order valence-electron chi connectivity index (χ2n) is 5.97. The van der Waals surface area contributed by atoms with Crippen LogP contribution in [0.3, 0.4) is 0 Å². The van der Waals surface area contributed by atoms with Crippen molar-refractivity contribution in [3.63, 3.8) is 0 Å². The fourth-order valence-corrected chi connectivity index (χ4v) is 3.11. The first kappa shape index (κ1) is 14.0. The number of rotatable bonds is 4. The molecule has 1 aliphatic heterocycles. The SMILES string of the molecule is Cc1cccc(C)c1CNc1cccc(N2CCCC2)c1. The summed E-state index contributed by atoms with van der Waals surface area (Å²) in [5.74, 6) is 0. The quantitative estimate of drug-likeness (QED) is 0.886. The van der Waals surface area contributed by atoms with Crippen molar-refractivity contribution in [2.24, 2.45) is 0 Å². The van der Waals surface area contributed by atoms with Crippen molar-refractivity contribution in [2.75, 3.05) is 23.3 Å². The van der Waals surface area contributed by atoms with E-state index in [0.717, 1.165) is 6.54 Å². The van der Waals surface area contributed by atoms with Gasteiger partial charge in [0.15, 0.2) is 0 Å². The molecule has 21 heavy (non-hydrogen) atoms. The maximum absolute atomic E-state index is 3.58. The van der Waals surface area contributed by atoms with E-state index < -0.39 is 0 Å². The first-order chi connectivity index (χ1) is 10.2. The monoisotopic (exact) mass is 280 g/mol. The maximum atomic E-state index is 3.58. The highest BCUT2D eigenvalue weighted by molar-refractivity contribution is 5.58. The molecule has 2 aromatic carbocycles. The number of hydrogen-bond acceptors (Lipinski definition) is 2. The van der Waals surface area contributed by atoms with Gasteiger partial charge in [0.1, 0.15) is 0 Å². The molecule has 110 valence electrons. The second kappa shape index (κ2) is 6.21. The van der Waals surface area contributed by atoms with Gasteiger partial charge in [-0.15, -0.1) is 0 Å². The zero-order chi connectivity index (χ0) is 14.7. The fourth-order valence-electron chi connectivity index (χ4n) is 3.11. The minimum absolute atomic E-state index is 0.891. The summed E-state index contributed by atoms with van der Waals surface area (Å²) < 4.78 is 0. The third-order valence-corrected chi connectivity index (χ3v) is 4.43. The normalized spacial score (nSPS) is 14.5. The van der Waals surface area contributed by atoms with Crippen LogP contribution in [0.25, 0.3) is 0 Å². The minimum Gasteiger partial charge on any atom is -0.381 e. The lowest BCUT2D eigenvalue weighted by molar-refractivity contribution is 0.949. The lowest BCUT2D eigenvalue weighted by atomic mass is 10.0. The molecular formula is C19H24N2. The van der Waals surface area contributed by atoms with Crippen LogP contribution in [0.2, 0.25) is 0 Å². The Morgan fingerprint density at radius 1 is 0.952 bits per heavy atom. The molecule has 0 amide bonds. The van der Waals surface area contributed by atoms with Gasteiger partial charge in [-0.05, 0) is 61.6 Å². The molecule has 0 aromatic heterocycles. The highest BCUT2D eigenvalue weighted by Gasteiger charge is 2.12. The first-order valence-electron chi connectivity index (χ1n) is 7.88. The van der Waals surface area contributed by atoms with E-state index in [2.05, 4.69) is 66.5 Å². The number of aryl methyl sites for hydroxylation is 2. The van der Waals surface area contributed by atoms with Crippen LogP contribution >= 0.6 is 0 Å². The molecule has 2 aromatic rings. The third-order valence-electron chi connectivity index (χ3n) is 4.43. The molecule has 0 saturated carbocycles. The van der Waals surface area contributed by atoms with Crippen LogP contribution in [0.1, 0.15) is 29.5 Å². The van der Waals surface area contributed by atoms with Crippen molar-refractivity contribution in [3.05, 3.63) is 59.2 Å². The smallest absolute Gasteiger partial charge is 0.0406 e. The maximum Gasteiger partial charge on any atom is 0.0406 e. The van der Waals surface area contributed by atoms with Crippen molar-refractivity contribution in [1.29, 1.82) is 0 Å². The van der Waals surface area contributed by atoms with Gasteiger partial charge in [-0.25, -0.2) is 0 Å². The standard InChI is InChI=1S/C19H24N2/c1-15-7-5-8-16(2)19(15)14-20-17-9-6-10-18(13-17)21-11-3-4-12-21/h5-10,13,20H,3-4,11-12,14H2,1-2H3. The topological polar surface area (TPSA) is 15.3 Å². The van der Waals surface area contributed by atoms with E-state index in [4.69, 9.17) is 0 Å². The van der Waals surface area contributed by atoms with E-state index in [-0.39, 0.29) is 0 Å². The molecule has 1 aliphatic rings. The van der Waals surface area contributed by atoms with Crippen molar-refractivity contribution >= 4 is 11.4 Å². The van der Waals surface area contributed by atoms with Crippen molar-refractivity contribution in [2.45, 2.75) is 33.2 Å². The average Bonchev–Trinajstić information content (AvgIpc) is 3.01. The summed E-state index contributed by atoms with van der Waals surface area (Å²) in [5, 5.41) is 3.58. The zero-order valence-corrected chi connectivity index (χ0v) is 13.0. The third kappa shape index (κ3) is 3.21. The van der Waals surface area contributed by atoms with Crippen molar-refractivity contribution in [3.8, 4) is 0 Å². The molecular weight excluding hydrogens is 256 g/mol. The summed E-state index contributed by atoms with van der Waals surface area (Å²) in [4.78, 5) is 2.48. The summed E-state index contributed by atoms with van der Waals surface area (Å²) in [6.07, 6.45) is 2.64. The average molecular weight is 280 g/mol. The summed E-state index contributed by atoms with van der Waals surface area (Å²) in [7, 11) is 0. The Labute approximate surface area is 127 Å². The summed E-state index contributed by atoms with van der Waals surface area (Å²) in [5.41, 5.74) is 6.68. The number of nitrogens with one attached hydrogen (secondary N) is 1. The largest absolute Gasteiger partial charge is 0.381 e. The Bertz CT molecular complexity index is 592. The molecule has 0 radical (unpaired) electrons. The van der Waals surface area contributed by atoms with Gasteiger partial charge < -0.3 is 10.2 Å². The Morgan fingerprint density at radius 2 is 1.62 bits per heavy atom. The molecule has 1 fully saturated rings. The highest BCUT2D eigenvalue weighted by atomic mass is 15.1. The van der Waals surface area contributed by atoms with Gasteiger partial charge in [-0.2, -0.15) is 0 Å². The first-order valence-corrected chi connectivity index (χ1v) is 7.88. The van der Waals surface area contributed by atoms with Crippen LogP contribution in [-0.2, 0) is 6.54 Å². The number of nitrogens with zero attached hydrogens (tertiary/aromatic N) is 1. The molecule has 0 spiro atoms. The van der Waals surface area contributed by atoms with E-state index in [9.17, 15) is 0 Å². The molecule has 2 nitrogen and oxygen atoms in total. The molecule has 0 atom stereocenters. The molecule has 0 aliphatic carbocycles. The van der Waals surface area contributed by atoms with Gasteiger partial charge in [-0.1, -0.05) is 24.3 Å². The van der Waals surface area contributed by atoms with Crippen LogP contribution in [-0.4, -0.2) is 13.1 Å². The molecule has 1 N–H and O–H groups in total. The van der Waals surface area contributed by atoms with E-state index >= 15 is 0 Å². The van der Waals surface area contributed by atoms with E-state index in [1.54, 1.807) is 0 Å². The van der Waals surface area contributed by atoms with Crippen LogP contribution < -0.4 is 10.2 Å². The predicted octanol–water partition coefficient (Wildman–Crippen LogP) is 4.52. The fraction of sp³-hybridized carbons (Fsp3) is 0.368. The molecule has 0 bridgehead atoms. The van der Waals surface area contributed by atoms with E-state index in [1.165, 1.54) is 54.0 Å². The number of anilines is 2. The Balaban J connectivity index is 1.72. The van der Waals surface area contributed by atoms with Crippen LogP contribution in [0.15, 0.2) is 42.5 Å². The molecule has 3 rings (SSSR count). The van der Waals surface area contributed by atoms with Crippen molar-refractivity contribution < 1.29 is 0 Å². The lowest BCUT2D eigenvalue weighted by Crippen LogP contribution is -2.17. The van der Waals surface area contributed by atoms with E-state index in [1.807, 2.05) is 0 Å². The Kier molecular flexibility index (Phi) is 4.14. The Morgan fingerprint density at radius 3 is 2.33 bits per heavy atom. The van der Waals surface area contributed by atoms with Crippen LogP contribution in [0, 0.1) is 13.8 Å². The minimum atomic E-state index is 0.891.